The molecule has 0 aliphatic heterocycles. The van der Waals surface area contributed by atoms with Gasteiger partial charge in [0.2, 0.25) is 0 Å². The van der Waals surface area contributed by atoms with Crippen molar-refractivity contribution in [1.29, 1.82) is 0 Å². The summed E-state index contributed by atoms with van der Waals surface area (Å²) in [6, 6.07) is 0.347. The quantitative estimate of drug-likeness (QED) is 0.479. The molecule has 0 saturated heterocycles. The van der Waals surface area contributed by atoms with Gasteiger partial charge in [0.1, 0.15) is 5.56 Å². The van der Waals surface area contributed by atoms with Gasteiger partial charge >= 0.3 is 0 Å². The maximum absolute atomic E-state index is 11.5. The van der Waals surface area contributed by atoms with Crippen LogP contribution in [0.15, 0.2) is 17.1 Å². The fraction of sp³-hybridized carbons (Fsp3) is 0.333. The maximum Gasteiger partial charge on any atom is 0.286 e. The fourth-order valence-electron chi connectivity index (χ4n) is 1.09. The number of carbonyl (C=O) groups excluding carboxylic acids is 1. The second-order valence-corrected chi connectivity index (χ2v) is 3.41. The van der Waals surface area contributed by atoms with Crippen LogP contribution in [0.3, 0.4) is 0 Å². The summed E-state index contributed by atoms with van der Waals surface area (Å²) in [4.78, 5) is 34.7. The number of amides is 1. The van der Waals surface area contributed by atoms with Crippen LogP contribution in [0, 0.1) is 10.1 Å². The Morgan fingerprint density at radius 3 is 2.88 bits per heavy atom. The lowest BCUT2D eigenvalue weighted by atomic mass is 10.2. The van der Waals surface area contributed by atoms with E-state index in [9.17, 15) is 19.7 Å². The van der Waals surface area contributed by atoms with Crippen LogP contribution in [-0.2, 0) is 0 Å². The summed E-state index contributed by atoms with van der Waals surface area (Å²) >= 11 is 0. The zero-order valence-electron chi connectivity index (χ0n) is 8.97. The van der Waals surface area contributed by atoms with E-state index in [0.29, 0.717) is 0 Å². The van der Waals surface area contributed by atoms with Crippen LogP contribution in [0.2, 0.25) is 0 Å². The Kier molecular flexibility index (Phi) is 3.94. The summed E-state index contributed by atoms with van der Waals surface area (Å²) in [5.74, 6) is -0.767. The average Bonchev–Trinajstić information content (AvgIpc) is 2.28. The molecule has 17 heavy (non-hydrogen) atoms. The molecule has 1 atom stereocenters. The van der Waals surface area contributed by atoms with Crippen molar-refractivity contribution < 1.29 is 14.8 Å². The van der Waals surface area contributed by atoms with E-state index in [1.165, 1.54) is 6.92 Å². The van der Waals surface area contributed by atoms with Crippen LogP contribution in [-0.4, -0.2) is 33.6 Å². The zero-order chi connectivity index (χ0) is 13.0. The Morgan fingerprint density at radius 1 is 1.71 bits per heavy atom. The normalized spacial score (nSPS) is 11.9. The monoisotopic (exact) mass is 241 g/mol. The lowest BCUT2D eigenvalue weighted by Crippen LogP contribution is -2.37. The van der Waals surface area contributed by atoms with E-state index in [0.717, 1.165) is 12.3 Å². The number of aliphatic hydroxyl groups excluding tert-OH is 1. The highest BCUT2D eigenvalue weighted by molar-refractivity contribution is 5.94. The molecule has 8 heteroatoms. The van der Waals surface area contributed by atoms with Crippen molar-refractivity contribution in [3.05, 3.63) is 38.3 Å². The molecule has 0 fully saturated rings. The van der Waals surface area contributed by atoms with Gasteiger partial charge in [0.25, 0.3) is 17.2 Å². The molecule has 0 aromatic carbocycles. The Morgan fingerprint density at radius 2 is 2.35 bits per heavy atom. The summed E-state index contributed by atoms with van der Waals surface area (Å²) in [7, 11) is 0. The van der Waals surface area contributed by atoms with Gasteiger partial charge in [-0.1, -0.05) is 0 Å². The van der Waals surface area contributed by atoms with Crippen LogP contribution in [0.25, 0.3) is 0 Å². The van der Waals surface area contributed by atoms with Gasteiger partial charge in [0, 0.05) is 12.1 Å². The van der Waals surface area contributed by atoms with Gasteiger partial charge in [-0.25, -0.2) is 0 Å². The number of aromatic nitrogens is 1. The number of nitro groups is 1. The molecule has 1 heterocycles. The highest BCUT2D eigenvalue weighted by Gasteiger charge is 2.17. The first kappa shape index (κ1) is 12.8. The van der Waals surface area contributed by atoms with E-state index >= 15 is 0 Å². The minimum Gasteiger partial charge on any atom is -0.394 e. The van der Waals surface area contributed by atoms with Crippen LogP contribution in [0.5, 0.6) is 0 Å². The number of nitrogens with one attached hydrogen (secondary N) is 2. The minimum atomic E-state index is -0.767. The number of rotatable bonds is 4. The number of pyridine rings is 1. The predicted molar refractivity (Wildman–Crippen MR) is 57.7 cm³/mol. The van der Waals surface area contributed by atoms with Gasteiger partial charge in [-0.05, 0) is 6.92 Å². The molecular formula is C9H11N3O5. The lowest BCUT2D eigenvalue weighted by molar-refractivity contribution is -0.385. The molecule has 0 radical (unpaired) electrons. The molecule has 1 aromatic heterocycles. The molecule has 92 valence electrons. The highest BCUT2D eigenvalue weighted by Crippen LogP contribution is 2.08. The van der Waals surface area contributed by atoms with Crippen molar-refractivity contribution in [3.8, 4) is 0 Å². The van der Waals surface area contributed by atoms with E-state index in [2.05, 4.69) is 10.3 Å². The van der Waals surface area contributed by atoms with Crippen molar-refractivity contribution in [2.75, 3.05) is 6.61 Å². The van der Waals surface area contributed by atoms with Gasteiger partial charge in [-0.2, -0.15) is 0 Å². The van der Waals surface area contributed by atoms with E-state index in [-0.39, 0.29) is 17.9 Å². The highest BCUT2D eigenvalue weighted by atomic mass is 16.6. The van der Waals surface area contributed by atoms with Crippen LogP contribution in [0.1, 0.15) is 17.3 Å². The van der Waals surface area contributed by atoms with E-state index in [1.807, 2.05) is 0 Å². The molecule has 0 saturated carbocycles. The van der Waals surface area contributed by atoms with Crippen molar-refractivity contribution in [2.45, 2.75) is 13.0 Å². The summed E-state index contributed by atoms with van der Waals surface area (Å²) in [6.07, 6.45) is 0.911. The Hall–Kier alpha value is -2.22. The van der Waals surface area contributed by atoms with Crippen molar-refractivity contribution in [3.63, 3.8) is 0 Å². The molecular weight excluding hydrogens is 230 g/mol. The SMILES string of the molecule is C[C@@H](CO)NC(=O)c1cc([N+](=O)[O-])c[nH]c1=O. The summed E-state index contributed by atoms with van der Waals surface area (Å²) in [6.45, 7) is 1.24. The lowest BCUT2D eigenvalue weighted by Gasteiger charge is -2.09. The molecule has 8 nitrogen and oxygen atoms in total. The molecule has 0 spiro atoms. The molecule has 0 aliphatic carbocycles. The third kappa shape index (κ3) is 3.11. The minimum absolute atomic E-state index is 0.293. The number of hydrogen-bond acceptors (Lipinski definition) is 5. The zero-order valence-corrected chi connectivity index (χ0v) is 8.97. The van der Waals surface area contributed by atoms with Crippen LogP contribution < -0.4 is 10.9 Å². The number of H-pyrrole nitrogens is 1. The Balaban J connectivity index is 3.04. The topological polar surface area (TPSA) is 125 Å². The Labute approximate surface area is 95.4 Å². The molecule has 0 bridgehead atoms. The molecule has 1 amide bonds. The molecule has 1 aromatic rings. The number of nitrogens with zero attached hydrogens (tertiary/aromatic N) is 1. The summed E-state index contributed by atoms with van der Waals surface area (Å²) in [5.41, 5.74) is -1.47. The van der Waals surface area contributed by atoms with Crippen molar-refractivity contribution in [1.82, 2.24) is 10.3 Å². The van der Waals surface area contributed by atoms with Crippen molar-refractivity contribution in [2.24, 2.45) is 0 Å². The molecule has 1 rings (SSSR count). The van der Waals surface area contributed by atoms with E-state index in [1.54, 1.807) is 0 Å². The standard InChI is InChI=1S/C9H11N3O5/c1-5(4-13)11-9(15)7-2-6(12(16)17)3-10-8(7)14/h2-3,5,13H,4H2,1H3,(H,10,14)(H,11,15)/t5-/m0/s1. The van der Waals surface area contributed by atoms with Gasteiger partial charge < -0.3 is 15.4 Å². The molecule has 0 aliphatic rings. The van der Waals surface area contributed by atoms with Gasteiger partial charge in [0.15, 0.2) is 0 Å². The summed E-state index contributed by atoms with van der Waals surface area (Å²) in [5, 5.41) is 21.5. The number of aromatic amines is 1. The number of aliphatic hydroxyl groups is 1. The Bertz CT molecular complexity index is 496. The second-order valence-electron chi connectivity index (χ2n) is 3.41. The van der Waals surface area contributed by atoms with Gasteiger partial charge in [0.05, 0.1) is 17.7 Å². The molecule has 0 unspecified atom stereocenters. The van der Waals surface area contributed by atoms with E-state index in [4.69, 9.17) is 5.11 Å². The number of hydrogen-bond donors (Lipinski definition) is 3. The first-order valence-corrected chi connectivity index (χ1v) is 4.74. The fourth-order valence-corrected chi connectivity index (χ4v) is 1.09. The van der Waals surface area contributed by atoms with Crippen LogP contribution >= 0.6 is 0 Å². The smallest absolute Gasteiger partial charge is 0.286 e. The first-order chi connectivity index (χ1) is 7.95. The largest absolute Gasteiger partial charge is 0.394 e. The maximum atomic E-state index is 11.5. The van der Waals surface area contributed by atoms with Crippen LogP contribution in [0.4, 0.5) is 5.69 Å². The summed E-state index contributed by atoms with van der Waals surface area (Å²) < 4.78 is 0. The van der Waals surface area contributed by atoms with Crippen molar-refractivity contribution >= 4 is 11.6 Å². The van der Waals surface area contributed by atoms with Gasteiger partial charge in [-0.3, -0.25) is 19.7 Å². The third-order valence-corrected chi connectivity index (χ3v) is 1.99. The number of carbonyl (C=O) groups is 1. The first-order valence-electron chi connectivity index (χ1n) is 4.74. The molecule has 3 N–H and O–H groups in total. The third-order valence-electron chi connectivity index (χ3n) is 1.99. The van der Waals surface area contributed by atoms with Gasteiger partial charge in [-0.15, -0.1) is 0 Å². The predicted octanol–water partition coefficient (Wildman–Crippen LogP) is -0.606. The average molecular weight is 241 g/mol. The second kappa shape index (κ2) is 5.21. The van der Waals surface area contributed by atoms with E-state index < -0.39 is 22.4 Å².